The molecule has 0 radical (unpaired) electrons. The number of rotatable bonds is 11. The molecule has 1 saturated carbocycles. The van der Waals surface area contributed by atoms with E-state index in [0.717, 1.165) is 5.56 Å². The Labute approximate surface area is 187 Å². The maximum absolute atomic E-state index is 12.4. The quantitative estimate of drug-likeness (QED) is 0.344. The van der Waals surface area contributed by atoms with E-state index >= 15 is 0 Å². The smallest absolute Gasteiger partial charge is 0.294 e. The molecule has 1 aliphatic carbocycles. The number of hydrogen-bond acceptors (Lipinski definition) is 7. The standard InChI is InChI=1S/C21H32ClN3O6/c1-14-4-9-18(22)19(10-14)30-12-16(26)11-24-21(2,3)13-23-20(27)15-5-7-17(8-6-15)31-25(28)29/h4,9-10,15-17,24,26H,5-8,11-13H2,1-3H3,(H,23,27). The van der Waals surface area contributed by atoms with Crippen molar-refractivity contribution in [1.82, 2.24) is 10.6 Å². The van der Waals surface area contributed by atoms with E-state index in [1.807, 2.05) is 32.9 Å². The molecule has 0 heterocycles. The van der Waals surface area contributed by atoms with Crippen LogP contribution in [0.15, 0.2) is 18.2 Å². The Morgan fingerprint density at radius 3 is 2.68 bits per heavy atom. The third kappa shape index (κ3) is 8.88. The fourth-order valence-corrected chi connectivity index (χ4v) is 3.60. The molecule has 2 rings (SSSR count). The zero-order chi connectivity index (χ0) is 23.0. The molecule has 1 fully saturated rings. The summed E-state index contributed by atoms with van der Waals surface area (Å²) in [4.78, 5) is 27.4. The lowest BCUT2D eigenvalue weighted by molar-refractivity contribution is -0.769. The zero-order valence-electron chi connectivity index (χ0n) is 18.2. The number of aliphatic hydroxyl groups excluding tert-OH is 1. The summed E-state index contributed by atoms with van der Waals surface area (Å²) in [6.45, 7) is 6.56. The molecule has 3 N–H and O–H groups in total. The van der Waals surface area contributed by atoms with E-state index in [2.05, 4.69) is 15.5 Å². The number of aliphatic hydroxyl groups is 1. The highest BCUT2D eigenvalue weighted by atomic mass is 35.5. The molecular formula is C21H32ClN3O6. The number of nitrogens with zero attached hydrogens (tertiary/aromatic N) is 1. The molecule has 1 unspecified atom stereocenters. The number of nitrogens with one attached hydrogen (secondary N) is 2. The lowest BCUT2D eigenvalue weighted by atomic mass is 9.86. The first-order valence-electron chi connectivity index (χ1n) is 10.5. The van der Waals surface area contributed by atoms with Crippen molar-refractivity contribution in [3.05, 3.63) is 38.9 Å². The van der Waals surface area contributed by atoms with Crippen LogP contribution in [0, 0.1) is 23.0 Å². The number of hydrogen-bond donors (Lipinski definition) is 3. The molecule has 1 aromatic rings. The summed E-state index contributed by atoms with van der Waals surface area (Å²) < 4.78 is 5.61. The minimum absolute atomic E-state index is 0.0626. The number of carbonyl (C=O) groups is 1. The summed E-state index contributed by atoms with van der Waals surface area (Å²) in [6.07, 6.45) is 0.959. The van der Waals surface area contributed by atoms with Crippen LogP contribution in [0.3, 0.4) is 0 Å². The molecule has 0 saturated heterocycles. The van der Waals surface area contributed by atoms with Crippen molar-refractivity contribution in [1.29, 1.82) is 0 Å². The molecule has 10 heteroatoms. The van der Waals surface area contributed by atoms with Crippen molar-refractivity contribution < 1.29 is 24.6 Å². The average Bonchev–Trinajstić information content (AvgIpc) is 2.71. The van der Waals surface area contributed by atoms with Gasteiger partial charge in [-0.2, -0.15) is 0 Å². The second-order valence-corrected chi connectivity index (χ2v) is 9.09. The number of β-amino-alcohol motifs (C(OH)–C–C–N with tert-alkyl or cyclic N) is 1. The highest BCUT2D eigenvalue weighted by Crippen LogP contribution is 2.27. The van der Waals surface area contributed by atoms with Crippen LogP contribution in [0.25, 0.3) is 0 Å². The number of benzene rings is 1. The maximum Gasteiger partial charge on any atom is 0.294 e. The monoisotopic (exact) mass is 457 g/mol. The first-order chi connectivity index (χ1) is 14.6. The van der Waals surface area contributed by atoms with E-state index < -0.39 is 22.8 Å². The lowest BCUT2D eigenvalue weighted by Gasteiger charge is -2.30. The Balaban J connectivity index is 1.68. The summed E-state index contributed by atoms with van der Waals surface area (Å²) in [5.41, 5.74) is 0.575. The fourth-order valence-electron chi connectivity index (χ4n) is 3.43. The fraction of sp³-hybridized carbons (Fsp3) is 0.667. The first-order valence-corrected chi connectivity index (χ1v) is 10.8. The van der Waals surface area contributed by atoms with Gasteiger partial charge < -0.3 is 25.3 Å². The number of ether oxygens (including phenoxy) is 1. The van der Waals surface area contributed by atoms with E-state index in [0.29, 0.717) is 43.0 Å². The van der Waals surface area contributed by atoms with E-state index in [-0.39, 0.29) is 25.0 Å². The summed E-state index contributed by atoms with van der Waals surface area (Å²) in [6, 6.07) is 5.46. The first kappa shape index (κ1) is 25.2. The van der Waals surface area contributed by atoms with Gasteiger partial charge in [-0.05, 0) is 64.2 Å². The van der Waals surface area contributed by atoms with Gasteiger partial charge in [0, 0.05) is 24.5 Å². The van der Waals surface area contributed by atoms with Gasteiger partial charge in [-0.15, -0.1) is 10.1 Å². The van der Waals surface area contributed by atoms with Crippen LogP contribution in [-0.4, -0.2) is 53.5 Å². The summed E-state index contributed by atoms with van der Waals surface area (Å²) in [5.74, 6) is 0.304. The Morgan fingerprint density at radius 2 is 2.03 bits per heavy atom. The van der Waals surface area contributed by atoms with Crippen LogP contribution in [0.5, 0.6) is 5.75 Å². The van der Waals surface area contributed by atoms with Crippen LogP contribution in [0.2, 0.25) is 5.02 Å². The zero-order valence-corrected chi connectivity index (χ0v) is 19.0. The molecule has 0 bridgehead atoms. The Bertz CT molecular complexity index is 753. The molecule has 31 heavy (non-hydrogen) atoms. The van der Waals surface area contributed by atoms with Gasteiger partial charge in [-0.25, -0.2) is 0 Å². The minimum atomic E-state index is -0.770. The summed E-state index contributed by atoms with van der Waals surface area (Å²) in [5, 5.41) is 26.5. The van der Waals surface area contributed by atoms with Crippen molar-refractivity contribution in [3.8, 4) is 5.75 Å². The lowest BCUT2D eigenvalue weighted by Crippen LogP contribution is -2.52. The Kier molecular flexibility index (Phi) is 9.33. The molecule has 1 aromatic carbocycles. The summed E-state index contributed by atoms with van der Waals surface area (Å²) in [7, 11) is 0. The number of carbonyl (C=O) groups excluding carboxylic acids is 1. The van der Waals surface area contributed by atoms with E-state index in [1.54, 1.807) is 6.07 Å². The number of amides is 1. The van der Waals surface area contributed by atoms with Crippen LogP contribution in [0.1, 0.15) is 45.1 Å². The largest absolute Gasteiger partial charge is 0.489 e. The molecule has 1 amide bonds. The van der Waals surface area contributed by atoms with E-state index in [1.165, 1.54) is 0 Å². The van der Waals surface area contributed by atoms with Gasteiger partial charge in [0.15, 0.2) is 0 Å². The second-order valence-electron chi connectivity index (χ2n) is 8.68. The van der Waals surface area contributed by atoms with Gasteiger partial charge in [0.2, 0.25) is 5.91 Å². The highest BCUT2D eigenvalue weighted by Gasteiger charge is 2.29. The topological polar surface area (TPSA) is 123 Å². The number of aryl methyl sites for hydroxylation is 1. The van der Waals surface area contributed by atoms with Crippen molar-refractivity contribution in [2.24, 2.45) is 5.92 Å². The normalized spacial score (nSPS) is 20.0. The molecular weight excluding hydrogens is 426 g/mol. The van der Waals surface area contributed by atoms with Crippen LogP contribution < -0.4 is 15.4 Å². The molecule has 9 nitrogen and oxygen atoms in total. The Hall–Kier alpha value is -2.10. The van der Waals surface area contributed by atoms with Crippen molar-refractivity contribution in [3.63, 3.8) is 0 Å². The van der Waals surface area contributed by atoms with Crippen molar-refractivity contribution in [2.75, 3.05) is 19.7 Å². The molecule has 1 atom stereocenters. The molecule has 174 valence electrons. The average molecular weight is 458 g/mol. The van der Waals surface area contributed by atoms with Gasteiger partial charge in [-0.1, -0.05) is 17.7 Å². The second kappa shape index (κ2) is 11.5. The highest BCUT2D eigenvalue weighted by molar-refractivity contribution is 6.32. The van der Waals surface area contributed by atoms with Crippen LogP contribution in [-0.2, 0) is 9.63 Å². The SMILES string of the molecule is Cc1ccc(Cl)c(OCC(O)CNC(C)(C)CNC(=O)C2CCC(O[N+](=O)[O-])CC2)c1. The van der Waals surface area contributed by atoms with Crippen molar-refractivity contribution in [2.45, 2.75) is 64.2 Å². The van der Waals surface area contributed by atoms with Gasteiger partial charge in [0.05, 0.1) is 5.02 Å². The van der Waals surface area contributed by atoms with Gasteiger partial charge in [0.25, 0.3) is 5.09 Å². The maximum atomic E-state index is 12.4. The third-order valence-corrected chi connectivity index (χ3v) is 5.63. The van der Waals surface area contributed by atoms with E-state index in [9.17, 15) is 20.0 Å². The van der Waals surface area contributed by atoms with Gasteiger partial charge in [-0.3, -0.25) is 4.79 Å². The molecule has 0 aliphatic heterocycles. The minimum Gasteiger partial charge on any atom is -0.489 e. The molecule has 1 aliphatic rings. The third-order valence-electron chi connectivity index (χ3n) is 5.32. The summed E-state index contributed by atoms with van der Waals surface area (Å²) >= 11 is 6.10. The predicted octanol–water partition coefficient (Wildman–Crippen LogP) is 2.64. The van der Waals surface area contributed by atoms with E-state index in [4.69, 9.17) is 16.3 Å². The number of halogens is 1. The van der Waals surface area contributed by atoms with Gasteiger partial charge in [0.1, 0.15) is 24.6 Å². The van der Waals surface area contributed by atoms with Crippen LogP contribution in [0.4, 0.5) is 0 Å². The molecule has 0 aromatic heterocycles. The van der Waals surface area contributed by atoms with Crippen LogP contribution >= 0.6 is 11.6 Å². The van der Waals surface area contributed by atoms with Gasteiger partial charge >= 0.3 is 0 Å². The molecule has 0 spiro atoms. The van der Waals surface area contributed by atoms with Crippen molar-refractivity contribution >= 4 is 17.5 Å². The predicted molar refractivity (Wildman–Crippen MR) is 117 cm³/mol. The Morgan fingerprint density at radius 1 is 1.35 bits per heavy atom.